The molecule has 2 aliphatic rings. The molecule has 0 aliphatic carbocycles. The van der Waals surface area contributed by atoms with Gasteiger partial charge in [-0.1, -0.05) is 5.16 Å². The molecule has 1 N–H and O–H groups in total. The fourth-order valence-corrected chi connectivity index (χ4v) is 3.38. The Bertz CT molecular complexity index is 443. The minimum absolute atomic E-state index is 0.250. The first kappa shape index (κ1) is 14.9. The standard InChI is InChI=1S/C15H27N5O/c1-19-7-4-8-20(2)13(11-19)15-17-14(21-18-15)9-12-5-3-6-16-10-12/h12-13,16H,3-11H2,1-2H3. The van der Waals surface area contributed by atoms with Crippen molar-refractivity contribution in [2.45, 2.75) is 31.7 Å². The molecule has 3 rings (SSSR count). The molecule has 0 saturated carbocycles. The molecule has 2 aliphatic heterocycles. The predicted octanol–water partition coefficient (Wildman–Crippen LogP) is 0.920. The van der Waals surface area contributed by atoms with Crippen molar-refractivity contribution in [3.63, 3.8) is 0 Å². The zero-order chi connectivity index (χ0) is 14.7. The van der Waals surface area contributed by atoms with Crippen LogP contribution in [0.5, 0.6) is 0 Å². The van der Waals surface area contributed by atoms with Crippen LogP contribution in [0.3, 0.4) is 0 Å². The maximum atomic E-state index is 5.51. The van der Waals surface area contributed by atoms with E-state index in [1.54, 1.807) is 0 Å². The zero-order valence-corrected chi connectivity index (χ0v) is 13.2. The van der Waals surface area contributed by atoms with Gasteiger partial charge in [0, 0.05) is 13.0 Å². The van der Waals surface area contributed by atoms with E-state index in [4.69, 9.17) is 4.52 Å². The van der Waals surface area contributed by atoms with E-state index in [9.17, 15) is 0 Å². The highest BCUT2D eigenvalue weighted by molar-refractivity contribution is 4.98. The van der Waals surface area contributed by atoms with E-state index in [0.717, 1.165) is 50.9 Å². The summed E-state index contributed by atoms with van der Waals surface area (Å²) in [7, 11) is 4.33. The summed E-state index contributed by atoms with van der Waals surface area (Å²) in [5.41, 5.74) is 0. The second-order valence-corrected chi connectivity index (χ2v) is 6.58. The van der Waals surface area contributed by atoms with Gasteiger partial charge in [-0.3, -0.25) is 4.90 Å². The van der Waals surface area contributed by atoms with Gasteiger partial charge in [0.15, 0.2) is 5.82 Å². The Balaban J connectivity index is 1.65. The first-order chi connectivity index (χ1) is 10.2. The molecule has 118 valence electrons. The molecule has 21 heavy (non-hydrogen) atoms. The van der Waals surface area contributed by atoms with Gasteiger partial charge in [0.05, 0.1) is 6.04 Å². The van der Waals surface area contributed by atoms with Gasteiger partial charge in [0.1, 0.15) is 0 Å². The third-order valence-corrected chi connectivity index (χ3v) is 4.71. The molecular formula is C15H27N5O. The highest BCUT2D eigenvalue weighted by atomic mass is 16.5. The summed E-state index contributed by atoms with van der Waals surface area (Å²) in [6.07, 6.45) is 4.62. The summed E-state index contributed by atoms with van der Waals surface area (Å²) in [5, 5.41) is 7.70. The van der Waals surface area contributed by atoms with Gasteiger partial charge in [-0.2, -0.15) is 4.98 Å². The average Bonchev–Trinajstić information content (AvgIpc) is 2.86. The first-order valence-electron chi connectivity index (χ1n) is 8.14. The molecule has 6 nitrogen and oxygen atoms in total. The van der Waals surface area contributed by atoms with Gasteiger partial charge in [-0.15, -0.1) is 0 Å². The van der Waals surface area contributed by atoms with Gasteiger partial charge in [0.25, 0.3) is 0 Å². The van der Waals surface area contributed by atoms with Crippen LogP contribution in [-0.4, -0.2) is 66.8 Å². The predicted molar refractivity (Wildman–Crippen MR) is 81.1 cm³/mol. The Morgan fingerprint density at radius 3 is 3.00 bits per heavy atom. The molecule has 2 atom stereocenters. The van der Waals surface area contributed by atoms with Crippen molar-refractivity contribution < 1.29 is 4.52 Å². The second-order valence-electron chi connectivity index (χ2n) is 6.58. The Morgan fingerprint density at radius 1 is 1.29 bits per heavy atom. The minimum Gasteiger partial charge on any atom is -0.339 e. The number of hydrogen-bond acceptors (Lipinski definition) is 6. The maximum Gasteiger partial charge on any atom is 0.227 e. The number of rotatable bonds is 3. The molecule has 1 aromatic heterocycles. The number of hydrogen-bond donors (Lipinski definition) is 1. The van der Waals surface area contributed by atoms with Crippen LogP contribution in [0, 0.1) is 5.92 Å². The number of nitrogens with zero attached hydrogens (tertiary/aromatic N) is 4. The maximum absolute atomic E-state index is 5.51. The molecule has 0 aromatic carbocycles. The monoisotopic (exact) mass is 293 g/mol. The molecule has 2 unspecified atom stereocenters. The Labute approximate surface area is 126 Å². The lowest BCUT2D eigenvalue weighted by Gasteiger charge is -2.24. The Morgan fingerprint density at radius 2 is 2.19 bits per heavy atom. The quantitative estimate of drug-likeness (QED) is 0.894. The normalized spacial score (nSPS) is 29.4. The second kappa shape index (κ2) is 6.85. The number of nitrogens with one attached hydrogen (secondary N) is 1. The summed E-state index contributed by atoms with van der Waals surface area (Å²) in [4.78, 5) is 9.38. The van der Waals surface area contributed by atoms with Crippen LogP contribution >= 0.6 is 0 Å². The molecule has 1 aromatic rings. The average molecular weight is 293 g/mol. The molecule has 0 bridgehead atoms. The van der Waals surface area contributed by atoms with Gasteiger partial charge in [-0.25, -0.2) is 0 Å². The number of likely N-dealkylation sites (N-methyl/N-ethyl adjacent to an activating group) is 2. The van der Waals surface area contributed by atoms with E-state index < -0.39 is 0 Å². The molecule has 2 fully saturated rings. The largest absolute Gasteiger partial charge is 0.339 e. The van der Waals surface area contributed by atoms with Crippen molar-refractivity contribution in [2.24, 2.45) is 5.92 Å². The van der Waals surface area contributed by atoms with Crippen molar-refractivity contribution >= 4 is 0 Å². The highest BCUT2D eigenvalue weighted by Crippen LogP contribution is 2.22. The molecule has 3 heterocycles. The van der Waals surface area contributed by atoms with E-state index in [-0.39, 0.29) is 6.04 Å². The van der Waals surface area contributed by atoms with Crippen molar-refractivity contribution in [1.29, 1.82) is 0 Å². The van der Waals surface area contributed by atoms with Crippen LogP contribution in [0.15, 0.2) is 4.52 Å². The lowest BCUT2D eigenvalue weighted by atomic mass is 9.96. The molecule has 0 amide bonds. The lowest BCUT2D eigenvalue weighted by molar-refractivity contribution is 0.214. The van der Waals surface area contributed by atoms with Gasteiger partial charge in [-0.05, 0) is 65.5 Å². The molecule has 2 saturated heterocycles. The van der Waals surface area contributed by atoms with Crippen molar-refractivity contribution in [3.05, 3.63) is 11.7 Å². The summed E-state index contributed by atoms with van der Waals surface area (Å²) in [6.45, 7) is 5.42. The Kier molecular flexibility index (Phi) is 4.87. The molecule has 0 spiro atoms. The summed E-state index contributed by atoms with van der Waals surface area (Å²) in [6, 6.07) is 0.250. The van der Waals surface area contributed by atoms with Crippen LogP contribution in [0.25, 0.3) is 0 Å². The lowest BCUT2D eigenvalue weighted by Crippen LogP contribution is -2.31. The van der Waals surface area contributed by atoms with Gasteiger partial charge in [0.2, 0.25) is 5.89 Å². The first-order valence-corrected chi connectivity index (χ1v) is 8.14. The third kappa shape index (κ3) is 3.81. The van der Waals surface area contributed by atoms with Crippen LogP contribution < -0.4 is 5.32 Å². The topological polar surface area (TPSA) is 57.4 Å². The van der Waals surface area contributed by atoms with Crippen LogP contribution in [-0.2, 0) is 6.42 Å². The molecule has 6 heteroatoms. The van der Waals surface area contributed by atoms with E-state index >= 15 is 0 Å². The Hall–Kier alpha value is -0.980. The SMILES string of the molecule is CN1CCCN(C)C(c2noc(CC3CCCNC3)n2)C1. The van der Waals surface area contributed by atoms with Crippen LogP contribution in [0.4, 0.5) is 0 Å². The van der Waals surface area contributed by atoms with Crippen molar-refractivity contribution in [1.82, 2.24) is 25.3 Å². The number of aromatic nitrogens is 2. The van der Waals surface area contributed by atoms with Crippen LogP contribution in [0.2, 0.25) is 0 Å². The third-order valence-electron chi connectivity index (χ3n) is 4.71. The van der Waals surface area contributed by atoms with E-state index in [2.05, 4.69) is 39.4 Å². The molecular weight excluding hydrogens is 266 g/mol. The summed E-state index contributed by atoms with van der Waals surface area (Å²) in [5.74, 6) is 2.30. The van der Waals surface area contributed by atoms with Crippen molar-refractivity contribution in [3.8, 4) is 0 Å². The van der Waals surface area contributed by atoms with E-state index in [0.29, 0.717) is 5.92 Å². The summed E-state index contributed by atoms with van der Waals surface area (Å²) >= 11 is 0. The van der Waals surface area contributed by atoms with Crippen molar-refractivity contribution in [2.75, 3.05) is 46.8 Å². The minimum atomic E-state index is 0.250. The number of piperidine rings is 1. The van der Waals surface area contributed by atoms with E-state index in [1.807, 2.05) is 0 Å². The fourth-order valence-electron chi connectivity index (χ4n) is 3.38. The summed E-state index contributed by atoms with van der Waals surface area (Å²) < 4.78 is 5.51. The van der Waals surface area contributed by atoms with Gasteiger partial charge >= 0.3 is 0 Å². The fraction of sp³-hybridized carbons (Fsp3) is 0.867. The van der Waals surface area contributed by atoms with E-state index in [1.165, 1.54) is 19.3 Å². The smallest absolute Gasteiger partial charge is 0.227 e. The van der Waals surface area contributed by atoms with Crippen LogP contribution in [0.1, 0.15) is 37.0 Å². The zero-order valence-electron chi connectivity index (χ0n) is 13.2. The van der Waals surface area contributed by atoms with Gasteiger partial charge < -0.3 is 14.7 Å². The highest BCUT2D eigenvalue weighted by Gasteiger charge is 2.27. The molecule has 0 radical (unpaired) electrons.